The summed E-state index contributed by atoms with van der Waals surface area (Å²) in [6.07, 6.45) is -4.49. The van der Waals surface area contributed by atoms with E-state index in [0.29, 0.717) is 11.3 Å². The highest BCUT2D eigenvalue weighted by Crippen LogP contribution is 2.20. The lowest BCUT2D eigenvalue weighted by Crippen LogP contribution is -2.27. The smallest absolute Gasteiger partial charge is 0.422 e. The van der Waals surface area contributed by atoms with Crippen LogP contribution in [0.1, 0.15) is 27.4 Å². The van der Waals surface area contributed by atoms with Crippen LogP contribution in [0.3, 0.4) is 0 Å². The predicted molar refractivity (Wildman–Crippen MR) is 88.6 cm³/mol. The second kappa shape index (κ2) is 8.15. The number of likely N-dealkylation sites (N-methyl/N-ethyl adjacent to an activating group) is 1. The van der Waals surface area contributed by atoms with E-state index in [1.165, 1.54) is 43.1 Å². The number of furan rings is 1. The first-order valence-electron chi connectivity index (χ1n) is 7.90. The van der Waals surface area contributed by atoms with Crippen LogP contribution in [-0.2, 0) is 17.8 Å². The molecule has 0 spiro atoms. The Morgan fingerprint density at radius 2 is 1.96 bits per heavy atom. The van der Waals surface area contributed by atoms with Gasteiger partial charge in [-0.25, -0.2) is 4.79 Å². The van der Waals surface area contributed by atoms with Crippen molar-refractivity contribution in [2.24, 2.45) is 0 Å². The fraction of sp³-hybridized carbons (Fsp3) is 0.333. The number of carbonyl (C=O) groups is 2. The highest BCUT2D eigenvalue weighted by atomic mass is 19.4. The minimum atomic E-state index is -4.44. The molecule has 1 aromatic carbocycles. The molecule has 2 aromatic rings. The number of rotatable bonds is 7. The molecule has 1 amide bonds. The number of halogens is 3. The summed E-state index contributed by atoms with van der Waals surface area (Å²) in [7, 11) is 1.52. The molecule has 0 saturated carbocycles. The summed E-state index contributed by atoms with van der Waals surface area (Å²) in [5.41, 5.74) is 0.522. The van der Waals surface area contributed by atoms with E-state index in [2.05, 4.69) is 4.74 Å². The molecule has 0 aliphatic carbocycles. The predicted octanol–water partition coefficient (Wildman–Crippen LogP) is 3.43. The summed E-state index contributed by atoms with van der Waals surface area (Å²) >= 11 is 0. The van der Waals surface area contributed by atoms with Gasteiger partial charge in [0.05, 0.1) is 13.0 Å². The van der Waals surface area contributed by atoms with Gasteiger partial charge in [-0.3, -0.25) is 4.79 Å². The quantitative estimate of drug-likeness (QED) is 0.790. The van der Waals surface area contributed by atoms with Crippen LogP contribution in [-0.4, -0.2) is 41.7 Å². The van der Waals surface area contributed by atoms with Crippen molar-refractivity contribution in [3.05, 3.63) is 53.0 Å². The van der Waals surface area contributed by atoms with Crippen LogP contribution >= 0.6 is 0 Å². The van der Waals surface area contributed by atoms with Gasteiger partial charge in [0, 0.05) is 7.05 Å². The molecule has 0 bridgehead atoms. The third-order valence-corrected chi connectivity index (χ3v) is 3.67. The number of hydrogen-bond donors (Lipinski definition) is 1. The Labute approximate surface area is 153 Å². The van der Waals surface area contributed by atoms with Gasteiger partial charge < -0.3 is 19.2 Å². The molecule has 0 aliphatic rings. The van der Waals surface area contributed by atoms with Crippen LogP contribution in [0, 0.1) is 6.92 Å². The number of carbonyl (C=O) groups excluding carboxylic acids is 1. The molecule has 1 N–H and O–H groups in total. The van der Waals surface area contributed by atoms with E-state index in [4.69, 9.17) is 9.52 Å². The Kier molecular flexibility index (Phi) is 6.14. The molecule has 0 radical (unpaired) electrons. The molecule has 1 heterocycles. The second-order valence-electron chi connectivity index (χ2n) is 5.97. The number of carboxylic acids is 1. The van der Waals surface area contributed by atoms with Crippen molar-refractivity contribution in [1.82, 2.24) is 4.90 Å². The van der Waals surface area contributed by atoms with Gasteiger partial charge in [-0.15, -0.1) is 0 Å². The molecule has 6 nitrogen and oxygen atoms in total. The van der Waals surface area contributed by atoms with Crippen LogP contribution in [0.25, 0.3) is 0 Å². The first-order chi connectivity index (χ1) is 12.5. The summed E-state index contributed by atoms with van der Waals surface area (Å²) in [5.74, 6) is -0.843. The molecule has 27 heavy (non-hydrogen) atoms. The van der Waals surface area contributed by atoms with E-state index in [1.807, 2.05) is 0 Å². The van der Waals surface area contributed by atoms with E-state index in [9.17, 15) is 22.8 Å². The van der Waals surface area contributed by atoms with E-state index in [0.717, 1.165) is 0 Å². The van der Waals surface area contributed by atoms with Gasteiger partial charge in [-0.1, -0.05) is 12.1 Å². The minimum absolute atomic E-state index is 0.0213. The van der Waals surface area contributed by atoms with Gasteiger partial charge >= 0.3 is 12.1 Å². The van der Waals surface area contributed by atoms with Gasteiger partial charge in [0.25, 0.3) is 0 Å². The number of hydrogen-bond acceptors (Lipinski definition) is 4. The lowest BCUT2D eigenvalue weighted by Gasteiger charge is -2.16. The van der Waals surface area contributed by atoms with E-state index in [-0.39, 0.29) is 35.9 Å². The standard InChI is InChI=1S/C18H18F3NO5/c1-11-15(17(24)25)8-14(27-11)9-22(2)16(23)7-12-4-3-5-13(6-12)26-10-18(19,20)21/h3-6,8H,7,9-10H2,1-2H3,(H,24,25). The van der Waals surface area contributed by atoms with Crippen molar-refractivity contribution in [1.29, 1.82) is 0 Å². The van der Waals surface area contributed by atoms with Crippen LogP contribution in [0.2, 0.25) is 0 Å². The first kappa shape index (κ1) is 20.3. The number of aryl methyl sites for hydroxylation is 1. The topological polar surface area (TPSA) is 80.0 Å². The summed E-state index contributed by atoms with van der Waals surface area (Å²) in [4.78, 5) is 24.7. The monoisotopic (exact) mass is 385 g/mol. The van der Waals surface area contributed by atoms with Gasteiger partial charge in [0.1, 0.15) is 22.8 Å². The zero-order valence-corrected chi connectivity index (χ0v) is 14.7. The average molecular weight is 385 g/mol. The van der Waals surface area contributed by atoms with Crippen LogP contribution < -0.4 is 4.74 Å². The molecule has 0 aliphatic heterocycles. The molecule has 146 valence electrons. The van der Waals surface area contributed by atoms with E-state index < -0.39 is 18.8 Å². The highest BCUT2D eigenvalue weighted by molar-refractivity contribution is 5.88. The van der Waals surface area contributed by atoms with Crippen molar-refractivity contribution in [3.63, 3.8) is 0 Å². The zero-order chi connectivity index (χ0) is 20.2. The van der Waals surface area contributed by atoms with Gasteiger partial charge in [0.15, 0.2) is 6.61 Å². The maximum Gasteiger partial charge on any atom is 0.422 e. The van der Waals surface area contributed by atoms with Gasteiger partial charge in [0.2, 0.25) is 5.91 Å². The Morgan fingerprint density at radius 1 is 1.26 bits per heavy atom. The first-order valence-corrected chi connectivity index (χ1v) is 7.90. The molecule has 0 fully saturated rings. The van der Waals surface area contributed by atoms with Crippen LogP contribution in [0.4, 0.5) is 13.2 Å². The van der Waals surface area contributed by atoms with Crippen molar-refractivity contribution in [2.45, 2.75) is 26.1 Å². The normalized spacial score (nSPS) is 11.3. The molecule has 0 unspecified atom stereocenters. The third kappa shape index (κ3) is 6.05. The maximum absolute atomic E-state index is 12.3. The summed E-state index contributed by atoms with van der Waals surface area (Å²) in [5, 5.41) is 9.01. The molecule has 9 heteroatoms. The fourth-order valence-corrected chi connectivity index (χ4v) is 2.38. The molecule has 1 aromatic heterocycles. The van der Waals surface area contributed by atoms with Crippen molar-refractivity contribution >= 4 is 11.9 Å². The Bertz CT molecular complexity index is 829. The number of amides is 1. The third-order valence-electron chi connectivity index (χ3n) is 3.67. The number of benzene rings is 1. The lowest BCUT2D eigenvalue weighted by molar-refractivity contribution is -0.153. The second-order valence-corrected chi connectivity index (χ2v) is 5.97. The van der Waals surface area contributed by atoms with Crippen LogP contribution in [0.15, 0.2) is 34.7 Å². The maximum atomic E-state index is 12.3. The Balaban J connectivity index is 1.98. The highest BCUT2D eigenvalue weighted by Gasteiger charge is 2.28. The molecule has 0 saturated heterocycles. The van der Waals surface area contributed by atoms with Crippen molar-refractivity contribution in [2.75, 3.05) is 13.7 Å². The molecule has 2 rings (SSSR count). The van der Waals surface area contributed by atoms with Crippen molar-refractivity contribution < 1.29 is 37.0 Å². The Hall–Kier alpha value is -2.97. The fourth-order valence-electron chi connectivity index (χ4n) is 2.38. The summed E-state index contributed by atoms with van der Waals surface area (Å²) < 4.78 is 46.6. The van der Waals surface area contributed by atoms with Gasteiger partial charge in [-0.2, -0.15) is 13.2 Å². The Morgan fingerprint density at radius 3 is 2.56 bits per heavy atom. The summed E-state index contributed by atoms with van der Waals surface area (Å²) in [6, 6.07) is 7.21. The number of carboxylic acid groups (broad SMARTS) is 1. The summed E-state index contributed by atoms with van der Waals surface area (Å²) in [6.45, 7) is 0.173. The number of ether oxygens (including phenoxy) is 1. The zero-order valence-electron chi connectivity index (χ0n) is 14.7. The molecular weight excluding hydrogens is 367 g/mol. The van der Waals surface area contributed by atoms with Crippen molar-refractivity contribution in [3.8, 4) is 5.75 Å². The van der Waals surface area contributed by atoms with Gasteiger partial charge in [-0.05, 0) is 30.7 Å². The van der Waals surface area contributed by atoms with Crippen LogP contribution in [0.5, 0.6) is 5.75 Å². The molecular formula is C18H18F3NO5. The minimum Gasteiger partial charge on any atom is -0.484 e. The number of alkyl halides is 3. The van der Waals surface area contributed by atoms with E-state index >= 15 is 0 Å². The number of aromatic carboxylic acids is 1. The SMILES string of the molecule is Cc1oc(CN(C)C(=O)Cc2cccc(OCC(F)(F)F)c2)cc1C(=O)O. The molecule has 0 atom stereocenters. The largest absolute Gasteiger partial charge is 0.484 e. The van der Waals surface area contributed by atoms with E-state index in [1.54, 1.807) is 6.07 Å². The number of nitrogens with zero attached hydrogens (tertiary/aromatic N) is 1. The average Bonchev–Trinajstić information content (AvgIpc) is 2.93. The lowest BCUT2D eigenvalue weighted by atomic mass is 10.1.